The van der Waals surface area contributed by atoms with E-state index in [0.717, 1.165) is 17.1 Å². The number of rotatable bonds is 4. The normalized spacial score (nSPS) is 12.0. The minimum Gasteiger partial charge on any atom is -0.454 e. The highest BCUT2D eigenvalue weighted by molar-refractivity contribution is 8.00. The van der Waals surface area contributed by atoms with E-state index in [1.165, 1.54) is 18.2 Å². The van der Waals surface area contributed by atoms with E-state index in [2.05, 4.69) is 16.4 Å². The highest BCUT2D eigenvalue weighted by Crippen LogP contribution is 2.37. The molecule has 0 bridgehead atoms. The number of carbonyl (C=O) groups is 1. The molecule has 28 heavy (non-hydrogen) atoms. The molecule has 0 fully saturated rings. The standard InChI is InChI=1S/C19H11ClFN3O3S/c20-13-5-12(1-2-14(13)21)23-18(25)8-28-19-11(7-22)3-10-4-16-17(27-9-26-16)6-15(10)24-19/h1-6H,8-9H2,(H,23,25). The molecule has 1 aromatic heterocycles. The zero-order chi connectivity index (χ0) is 19.7. The smallest absolute Gasteiger partial charge is 0.234 e. The number of benzene rings is 2. The Morgan fingerprint density at radius 1 is 1.29 bits per heavy atom. The van der Waals surface area contributed by atoms with Crippen LogP contribution in [0.15, 0.2) is 41.4 Å². The van der Waals surface area contributed by atoms with Crippen LogP contribution >= 0.6 is 23.4 Å². The van der Waals surface area contributed by atoms with Crippen LogP contribution in [0.4, 0.5) is 10.1 Å². The van der Waals surface area contributed by atoms with Gasteiger partial charge in [-0.3, -0.25) is 4.79 Å². The lowest BCUT2D eigenvalue weighted by Crippen LogP contribution is -2.14. The van der Waals surface area contributed by atoms with Crippen LogP contribution in [0, 0.1) is 17.1 Å². The monoisotopic (exact) mass is 415 g/mol. The highest BCUT2D eigenvalue weighted by Gasteiger charge is 2.17. The highest BCUT2D eigenvalue weighted by atomic mass is 35.5. The van der Waals surface area contributed by atoms with Crippen LogP contribution in [0.3, 0.4) is 0 Å². The number of hydrogen-bond donors (Lipinski definition) is 1. The van der Waals surface area contributed by atoms with Crippen LogP contribution in [0.2, 0.25) is 5.02 Å². The fraction of sp³-hybridized carbons (Fsp3) is 0.105. The summed E-state index contributed by atoms with van der Waals surface area (Å²) in [6, 6.07) is 11.2. The first kappa shape index (κ1) is 18.3. The van der Waals surface area contributed by atoms with Crippen molar-refractivity contribution in [3.63, 3.8) is 0 Å². The number of thioether (sulfide) groups is 1. The lowest BCUT2D eigenvalue weighted by molar-refractivity contribution is -0.113. The molecule has 6 nitrogen and oxygen atoms in total. The third-order valence-corrected chi connectivity index (χ3v) is 5.22. The number of amides is 1. The number of nitrogens with one attached hydrogen (secondary N) is 1. The molecule has 0 spiro atoms. The van der Waals surface area contributed by atoms with E-state index in [4.69, 9.17) is 21.1 Å². The average Bonchev–Trinajstić information content (AvgIpc) is 3.14. The van der Waals surface area contributed by atoms with Gasteiger partial charge in [0, 0.05) is 17.1 Å². The number of aromatic nitrogens is 1. The van der Waals surface area contributed by atoms with Gasteiger partial charge >= 0.3 is 0 Å². The summed E-state index contributed by atoms with van der Waals surface area (Å²) in [4.78, 5) is 16.7. The van der Waals surface area contributed by atoms with Crippen molar-refractivity contribution < 1.29 is 18.7 Å². The molecule has 2 heterocycles. The minimum absolute atomic E-state index is 0.0206. The molecule has 1 N–H and O–H groups in total. The second kappa shape index (κ2) is 7.54. The van der Waals surface area contributed by atoms with Crippen LogP contribution in [-0.4, -0.2) is 23.4 Å². The van der Waals surface area contributed by atoms with E-state index in [1.807, 2.05) is 0 Å². The van der Waals surface area contributed by atoms with Crippen LogP contribution < -0.4 is 14.8 Å². The zero-order valence-electron chi connectivity index (χ0n) is 14.2. The first-order chi connectivity index (χ1) is 13.5. The molecule has 3 aromatic rings. The van der Waals surface area contributed by atoms with Crippen LogP contribution in [-0.2, 0) is 4.79 Å². The molecular weight excluding hydrogens is 405 g/mol. The number of ether oxygens (including phenoxy) is 2. The van der Waals surface area contributed by atoms with E-state index in [1.54, 1.807) is 18.2 Å². The Balaban J connectivity index is 1.52. The van der Waals surface area contributed by atoms with Crippen LogP contribution in [0.25, 0.3) is 10.9 Å². The van der Waals surface area contributed by atoms with E-state index in [0.29, 0.717) is 33.3 Å². The summed E-state index contributed by atoms with van der Waals surface area (Å²) in [5.41, 5.74) is 1.38. The molecule has 1 amide bonds. The Kier molecular flexibility index (Phi) is 4.94. The van der Waals surface area contributed by atoms with Crippen molar-refractivity contribution in [2.45, 2.75) is 5.03 Å². The summed E-state index contributed by atoms with van der Waals surface area (Å²) in [5.74, 6) is 0.327. The van der Waals surface area contributed by atoms with E-state index in [9.17, 15) is 14.4 Å². The largest absolute Gasteiger partial charge is 0.454 e. The average molecular weight is 416 g/mol. The Morgan fingerprint density at radius 3 is 2.82 bits per heavy atom. The van der Waals surface area contributed by atoms with Gasteiger partial charge in [-0.1, -0.05) is 23.4 Å². The van der Waals surface area contributed by atoms with E-state index in [-0.39, 0.29) is 23.5 Å². The minimum atomic E-state index is -0.561. The van der Waals surface area contributed by atoms with Gasteiger partial charge in [0.1, 0.15) is 16.9 Å². The van der Waals surface area contributed by atoms with Crippen LogP contribution in [0.5, 0.6) is 11.5 Å². The van der Waals surface area contributed by atoms with Gasteiger partial charge in [0.05, 0.1) is 21.9 Å². The van der Waals surface area contributed by atoms with Gasteiger partial charge in [-0.15, -0.1) is 0 Å². The van der Waals surface area contributed by atoms with Crippen molar-refractivity contribution in [2.75, 3.05) is 17.9 Å². The number of pyridine rings is 1. The summed E-state index contributed by atoms with van der Waals surface area (Å²) in [6.45, 7) is 0.145. The molecule has 2 aromatic carbocycles. The maximum atomic E-state index is 13.2. The van der Waals surface area contributed by atoms with Gasteiger partial charge in [-0.25, -0.2) is 9.37 Å². The summed E-state index contributed by atoms with van der Waals surface area (Å²) in [5, 5.41) is 13.1. The Hall–Kier alpha value is -3.02. The molecule has 0 radical (unpaired) electrons. The first-order valence-corrected chi connectivity index (χ1v) is 9.42. The molecule has 4 rings (SSSR count). The molecule has 0 saturated heterocycles. The van der Waals surface area contributed by atoms with Crippen molar-refractivity contribution in [2.24, 2.45) is 0 Å². The summed E-state index contributed by atoms with van der Waals surface area (Å²) < 4.78 is 23.9. The molecule has 0 aliphatic carbocycles. The number of nitriles is 1. The van der Waals surface area contributed by atoms with Crippen molar-refractivity contribution >= 4 is 45.9 Å². The molecule has 9 heteroatoms. The maximum absolute atomic E-state index is 13.2. The number of halogens is 2. The number of anilines is 1. The third-order valence-electron chi connectivity index (χ3n) is 3.94. The Bertz CT molecular complexity index is 1150. The third kappa shape index (κ3) is 3.67. The van der Waals surface area contributed by atoms with Gasteiger partial charge in [-0.2, -0.15) is 5.26 Å². The lowest BCUT2D eigenvalue weighted by Gasteiger charge is -2.08. The maximum Gasteiger partial charge on any atom is 0.234 e. The lowest BCUT2D eigenvalue weighted by atomic mass is 10.1. The van der Waals surface area contributed by atoms with Crippen LogP contribution in [0.1, 0.15) is 5.56 Å². The molecular formula is C19H11ClFN3O3S. The molecule has 0 unspecified atom stereocenters. The molecule has 140 valence electrons. The fourth-order valence-corrected chi connectivity index (χ4v) is 3.58. The van der Waals surface area contributed by atoms with Gasteiger partial charge < -0.3 is 14.8 Å². The second-order valence-corrected chi connectivity index (χ2v) is 7.19. The zero-order valence-corrected chi connectivity index (χ0v) is 15.7. The number of hydrogen-bond acceptors (Lipinski definition) is 6. The number of nitrogens with zero attached hydrogens (tertiary/aromatic N) is 2. The predicted octanol–water partition coefficient (Wildman–Crippen LogP) is 4.36. The fourth-order valence-electron chi connectivity index (χ4n) is 2.64. The van der Waals surface area contributed by atoms with Gasteiger partial charge in [0.2, 0.25) is 12.7 Å². The van der Waals surface area contributed by atoms with Gasteiger partial charge in [0.15, 0.2) is 11.5 Å². The van der Waals surface area contributed by atoms with Crippen molar-refractivity contribution in [3.05, 3.63) is 52.8 Å². The van der Waals surface area contributed by atoms with Crippen molar-refractivity contribution in [1.82, 2.24) is 4.98 Å². The van der Waals surface area contributed by atoms with Crippen molar-refractivity contribution in [3.8, 4) is 17.6 Å². The quantitative estimate of drug-likeness (QED) is 0.637. The Morgan fingerprint density at radius 2 is 2.07 bits per heavy atom. The van der Waals surface area contributed by atoms with E-state index >= 15 is 0 Å². The van der Waals surface area contributed by atoms with Gasteiger partial charge in [0.25, 0.3) is 0 Å². The molecule has 0 atom stereocenters. The number of carbonyl (C=O) groups excluding carboxylic acids is 1. The molecule has 0 saturated carbocycles. The SMILES string of the molecule is N#Cc1cc2cc3c(cc2nc1SCC(=O)Nc1ccc(F)c(Cl)c1)OCO3. The first-order valence-electron chi connectivity index (χ1n) is 8.05. The predicted molar refractivity (Wildman–Crippen MR) is 103 cm³/mol. The summed E-state index contributed by atoms with van der Waals surface area (Å²) in [7, 11) is 0. The molecule has 1 aliphatic rings. The summed E-state index contributed by atoms with van der Waals surface area (Å²) >= 11 is 6.84. The number of fused-ring (bicyclic) bond motifs is 2. The Labute approximate surface area is 168 Å². The van der Waals surface area contributed by atoms with E-state index < -0.39 is 5.82 Å². The summed E-state index contributed by atoms with van der Waals surface area (Å²) in [6.07, 6.45) is 0. The molecule has 1 aliphatic heterocycles. The van der Waals surface area contributed by atoms with Crippen molar-refractivity contribution in [1.29, 1.82) is 5.26 Å². The van der Waals surface area contributed by atoms with Gasteiger partial charge in [-0.05, 0) is 30.3 Å². The topological polar surface area (TPSA) is 84.2 Å². The second-order valence-electron chi connectivity index (χ2n) is 5.82.